The number of carbonyl (C=O) groups is 2. The van der Waals surface area contributed by atoms with Gasteiger partial charge in [-0.1, -0.05) is 19.8 Å². The van der Waals surface area contributed by atoms with Crippen LogP contribution in [0.3, 0.4) is 0 Å². The van der Waals surface area contributed by atoms with Crippen molar-refractivity contribution in [1.82, 2.24) is 5.32 Å². The number of nitrogens with one attached hydrogen (secondary N) is 1. The second kappa shape index (κ2) is 8.89. The lowest BCUT2D eigenvalue weighted by molar-refractivity contribution is -0.116. The zero-order valence-electron chi connectivity index (χ0n) is 13.8. The molecule has 1 aromatic rings. The highest BCUT2D eigenvalue weighted by Gasteiger charge is 2.23. The van der Waals surface area contributed by atoms with Crippen molar-refractivity contribution in [3.8, 4) is 0 Å². The minimum Gasteiger partial charge on any atom is -0.348 e. The maximum Gasteiger partial charge on any atom is 0.251 e. The molecule has 0 radical (unpaired) electrons. The van der Waals surface area contributed by atoms with Crippen LogP contribution in [0, 0.1) is 0 Å². The first-order valence-electron chi connectivity index (χ1n) is 7.98. The molecular formula is C17H26ClN3O2. The Morgan fingerprint density at radius 3 is 2.74 bits per heavy atom. The topological polar surface area (TPSA) is 75.4 Å². The van der Waals surface area contributed by atoms with Crippen LogP contribution in [0.2, 0.25) is 0 Å². The summed E-state index contributed by atoms with van der Waals surface area (Å²) in [7, 11) is 0. The summed E-state index contributed by atoms with van der Waals surface area (Å²) in [6.45, 7) is 4.83. The fourth-order valence-electron chi connectivity index (χ4n) is 2.84. The fourth-order valence-corrected chi connectivity index (χ4v) is 2.84. The Labute approximate surface area is 144 Å². The molecule has 128 valence electrons. The number of benzene rings is 1. The van der Waals surface area contributed by atoms with E-state index in [1.165, 1.54) is 0 Å². The van der Waals surface area contributed by atoms with Gasteiger partial charge in [0.1, 0.15) is 0 Å². The molecule has 0 aromatic heterocycles. The molecule has 0 aliphatic carbocycles. The highest BCUT2D eigenvalue weighted by molar-refractivity contribution is 5.98. The summed E-state index contributed by atoms with van der Waals surface area (Å²) in [4.78, 5) is 25.6. The second-order valence-electron chi connectivity index (χ2n) is 5.81. The van der Waals surface area contributed by atoms with E-state index in [0.717, 1.165) is 36.9 Å². The molecule has 2 amide bonds. The van der Waals surface area contributed by atoms with Gasteiger partial charge in [-0.15, -0.1) is 12.4 Å². The molecule has 1 aliphatic rings. The van der Waals surface area contributed by atoms with Crippen LogP contribution in [0.15, 0.2) is 18.2 Å². The van der Waals surface area contributed by atoms with Gasteiger partial charge in [0.2, 0.25) is 5.91 Å². The number of fused-ring (bicyclic) bond motifs is 1. The van der Waals surface area contributed by atoms with Crippen LogP contribution in [0.5, 0.6) is 0 Å². The van der Waals surface area contributed by atoms with Gasteiger partial charge in [-0.05, 0) is 36.6 Å². The standard InChI is InChI=1S/C17H25N3O2.ClH/c1-3-4-5-15(11-18)19-17(22)14-6-7-16-13(10-14)8-9-20(16)12(2)21;/h6-7,10,15H,3-5,8-9,11,18H2,1-2H3,(H,19,22);1H. The van der Waals surface area contributed by atoms with Gasteiger partial charge in [-0.3, -0.25) is 9.59 Å². The SMILES string of the molecule is CCCCC(CN)NC(=O)c1ccc2c(c1)CCN2C(C)=O.Cl. The Kier molecular flexibility index (Phi) is 7.52. The van der Waals surface area contributed by atoms with E-state index in [1.807, 2.05) is 12.1 Å². The number of nitrogens with two attached hydrogens (primary N) is 1. The molecule has 5 nitrogen and oxygen atoms in total. The van der Waals surface area contributed by atoms with E-state index >= 15 is 0 Å². The van der Waals surface area contributed by atoms with Gasteiger partial charge >= 0.3 is 0 Å². The highest BCUT2D eigenvalue weighted by Crippen LogP contribution is 2.28. The molecule has 6 heteroatoms. The van der Waals surface area contributed by atoms with E-state index in [2.05, 4.69) is 12.2 Å². The lowest BCUT2D eigenvalue weighted by atomic mass is 10.1. The molecule has 0 spiro atoms. The van der Waals surface area contributed by atoms with Crippen molar-refractivity contribution in [2.24, 2.45) is 5.73 Å². The molecule has 0 bridgehead atoms. The van der Waals surface area contributed by atoms with Crippen molar-refractivity contribution in [3.63, 3.8) is 0 Å². The minimum absolute atomic E-state index is 0. The molecule has 0 saturated carbocycles. The normalized spacial score (nSPS) is 14.0. The Morgan fingerprint density at radius 2 is 2.13 bits per heavy atom. The van der Waals surface area contributed by atoms with Crippen LogP contribution < -0.4 is 16.0 Å². The number of anilines is 1. The molecule has 1 atom stereocenters. The molecule has 1 aromatic carbocycles. The van der Waals surface area contributed by atoms with E-state index in [4.69, 9.17) is 5.73 Å². The van der Waals surface area contributed by atoms with Gasteiger partial charge < -0.3 is 16.0 Å². The summed E-state index contributed by atoms with van der Waals surface area (Å²) in [5.41, 5.74) is 8.34. The van der Waals surface area contributed by atoms with Crippen molar-refractivity contribution >= 4 is 29.9 Å². The van der Waals surface area contributed by atoms with Crippen molar-refractivity contribution in [2.75, 3.05) is 18.0 Å². The molecule has 0 fully saturated rings. The number of hydrogen-bond acceptors (Lipinski definition) is 3. The Balaban J connectivity index is 0.00000264. The summed E-state index contributed by atoms with van der Waals surface area (Å²) in [6, 6.07) is 5.56. The number of hydrogen-bond donors (Lipinski definition) is 2. The lowest BCUT2D eigenvalue weighted by Crippen LogP contribution is -2.40. The van der Waals surface area contributed by atoms with Crippen molar-refractivity contribution in [2.45, 2.75) is 45.6 Å². The zero-order valence-corrected chi connectivity index (χ0v) is 14.6. The average Bonchev–Trinajstić information content (AvgIpc) is 2.94. The first-order valence-corrected chi connectivity index (χ1v) is 7.98. The summed E-state index contributed by atoms with van der Waals surface area (Å²) < 4.78 is 0. The van der Waals surface area contributed by atoms with Crippen LogP contribution in [0.1, 0.15) is 49.0 Å². The number of amides is 2. The predicted molar refractivity (Wildman–Crippen MR) is 95.3 cm³/mol. The zero-order chi connectivity index (χ0) is 16.1. The first-order chi connectivity index (χ1) is 10.6. The van der Waals surface area contributed by atoms with E-state index in [0.29, 0.717) is 18.7 Å². The molecule has 1 heterocycles. The van der Waals surface area contributed by atoms with E-state index in [-0.39, 0.29) is 30.3 Å². The van der Waals surface area contributed by atoms with Gasteiger partial charge in [-0.2, -0.15) is 0 Å². The third kappa shape index (κ3) is 4.69. The maximum atomic E-state index is 12.3. The molecule has 3 N–H and O–H groups in total. The van der Waals surface area contributed by atoms with Crippen LogP contribution in [-0.2, 0) is 11.2 Å². The largest absolute Gasteiger partial charge is 0.348 e. The third-order valence-corrected chi connectivity index (χ3v) is 4.14. The summed E-state index contributed by atoms with van der Waals surface area (Å²) in [5.74, 6) is -0.0469. The van der Waals surface area contributed by atoms with E-state index < -0.39 is 0 Å². The molecule has 0 saturated heterocycles. The van der Waals surface area contributed by atoms with Crippen molar-refractivity contribution in [3.05, 3.63) is 29.3 Å². The average molecular weight is 340 g/mol. The minimum atomic E-state index is -0.0874. The fraction of sp³-hybridized carbons (Fsp3) is 0.529. The van der Waals surface area contributed by atoms with Crippen molar-refractivity contribution in [1.29, 1.82) is 0 Å². The molecule has 1 unspecified atom stereocenters. The van der Waals surface area contributed by atoms with E-state index in [9.17, 15) is 9.59 Å². The monoisotopic (exact) mass is 339 g/mol. The third-order valence-electron chi connectivity index (χ3n) is 4.14. The highest BCUT2D eigenvalue weighted by atomic mass is 35.5. The quantitative estimate of drug-likeness (QED) is 0.834. The number of halogens is 1. The number of unbranched alkanes of at least 4 members (excludes halogenated alkanes) is 1. The molecular weight excluding hydrogens is 314 g/mol. The lowest BCUT2D eigenvalue weighted by Gasteiger charge is -2.17. The van der Waals surface area contributed by atoms with E-state index in [1.54, 1.807) is 17.9 Å². The maximum absolute atomic E-state index is 12.3. The first kappa shape index (κ1) is 19.5. The molecule has 1 aliphatic heterocycles. The molecule has 2 rings (SSSR count). The Bertz CT molecular complexity index is 563. The number of nitrogens with zero attached hydrogens (tertiary/aromatic N) is 1. The van der Waals surface area contributed by atoms with Gasteiger partial charge in [0.05, 0.1) is 0 Å². The van der Waals surface area contributed by atoms with Crippen LogP contribution in [-0.4, -0.2) is 30.9 Å². The van der Waals surface area contributed by atoms with Gasteiger partial charge in [0, 0.05) is 37.3 Å². The number of carbonyl (C=O) groups excluding carboxylic acids is 2. The van der Waals surface area contributed by atoms with Crippen LogP contribution >= 0.6 is 12.4 Å². The second-order valence-corrected chi connectivity index (χ2v) is 5.81. The van der Waals surface area contributed by atoms with Gasteiger partial charge in [0.25, 0.3) is 5.91 Å². The predicted octanol–water partition coefficient (Wildman–Crippen LogP) is 2.26. The number of rotatable bonds is 6. The Morgan fingerprint density at radius 1 is 1.39 bits per heavy atom. The Hall–Kier alpha value is -1.59. The molecule has 23 heavy (non-hydrogen) atoms. The summed E-state index contributed by atoms with van der Waals surface area (Å²) in [5, 5.41) is 3.00. The summed E-state index contributed by atoms with van der Waals surface area (Å²) in [6.07, 6.45) is 3.85. The van der Waals surface area contributed by atoms with Crippen LogP contribution in [0.25, 0.3) is 0 Å². The van der Waals surface area contributed by atoms with Gasteiger partial charge in [0.15, 0.2) is 0 Å². The van der Waals surface area contributed by atoms with Gasteiger partial charge in [-0.25, -0.2) is 0 Å². The smallest absolute Gasteiger partial charge is 0.251 e. The summed E-state index contributed by atoms with van der Waals surface area (Å²) >= 11 is 0. The van der Waals surface area contributed by atoms with Crippen LogP contribution in [0.4, 0.5) is 5.69 Å². The van der Waals surface area contributed by atoms with Crippen molar-refractivity contribution < 1.29 is 9.59 Å².